The second kappa shape index (κ2) is 7.70. The molecule has 1 aromatic carbocycles. The van der Waals surface area contributed by atoms with E-state index in [1.165, 1.54) is 22.2 Å². The predicted molar refractivity (Wildman–Crippen MR) is 98.3 cm³/mol. The van der Waals surface area contributed by atoms with E-state index in [4.69, 9.17) is 9.47 Å². The largest absolute Gasteiger partial charge is 0.461 e. The molecule has 0 spiro atoms. The zero-order chi connectivity index (χ0) is 18.7. The van der Waals surface area contributed by atoms with Crippen molar-refractivity contribution in [1.82, 2.24) is 19.6 Å². The Morgan fingerprint density at radius 1 is 1.31 bits per heavy atom. The van der Waals surface area contributed by atoms with E-state index >= 15 is 0 Å². The minimum Gasteiger partial charge on any atom is -0.461 e. The van der Waals surface area contributed by atoms with Crippen LogP contribution in [0.15, 0.2) is 24.4 Å². The van der Waals surface area contributed by atoms with Crippen molar-refractivity contribution in [1.29, 1.82) is 0 Å². The minimum atomic E-state index is -0.448. The lowest BCUT2D eigenvalue weighted by Gasteiger charge is -2.05. The fourth-order valence-electron chi connectivity index (χ4n) is 3.24. The van der Waals surface area contributed by atoms with Crippen molar-refractivity contribution in [2.75, 3.05) is 20.3 Å². The Balaban J connectivity index is 1.85. The van der Waals surface area contributed by atoms with E-state index < -0.39 is 5.97 Å². The van der Waals surface area contributed by atoms with Crippen LogP contribution in [0.1, 0.15) is 34.2 Å². The van der Waals surface area contributed by atoms with Gasteiger partial charge in [0.25, 0.3) is 0 Å². The monoisotopic (exact) mass is 356 g/mol. The van der Waals surface area contributed by atoms with E-state index in [9.17, 15) is 4.79 Å². The van der Waals surface area contributed by atoms with Crippen molar-refractivity contribution in [3.63, 3.8) is 0 Å². The number of aromatic nitrogens is 4. The lowest BCUT2D eigenvalue weighted by molar-refractivity contribution is 0.0519. The van der Waals surface area contributed by atoms with Crippen LogP contribution in [0, 0.1) is 6.92 Å². The molecule has 0 N–H and O–H groups in total. The molecule has 0 aliphatic carbocycles. The first-order valence-corrected chi connectivity index (χ1v) is 8.68. The van der Waals surface area contributed by atoms with E-state index in [-0.39, 0.29) is 5.69 Å². The van der Waals surface area contributed by atoms with Crippen molar-refractivity contribution in [3.05, 3.63) is 46.9 Å². The maximum atomic E-state index is 11.7. The van der Waals surface area contributed by atoms with Crippen molar-refractivity contribution < 1.29 is 14.3 Å². The molecule has 26 heavy (non-hydrogen) atoms. The number of benzene rings is 1. The number of methoxy groups -OCH3 is 1. The Kier molecular flexibility index (Phi) is 5.37. The summed E-state index contributed by atoms with van der Waals surface area (Å²) in [6, 6.07) is 6.37. The molecular formula is C19H24N4O3. The summed E-state index contributed by atoms with van der Waals surface area (Å²) in [4.78, 5) is 11.7. The Morgan fingerprint density at radius 3 is 2.85 bits per heavy atom. The zero-order valence-corrected chi connectivity index (χ0v) is 15.7. The van der Waals surface area contributed by atoms with Crippen molar-refractivity contribution in [2.45, 2.75) is 26.8 Å². The standard InChI is InChI=1S/C19H24N4O3/c1-5-26-19(24)16-12-23(21-20-16)11-14-6-7-18-15(10-14)13(2)17(22(18)3)8-9-25-4/h6-7,10,12H,5,8-9,11H2,1-4H3. The lowest BCUT2D eigenvalue weighted by Crippen LogP contribution is -2.05. The normalized spacial score (nSPS) is 11.2. The summed E-state index contributed by atoms with van der Waals surface area (Å²) in [5, 5.41) is 9.13. The molecule has 2 aromatic heterocycles. The molecule has 138 valence electrons. The van der Waals surface area contributed by atoms with E-state index in [0.717, 1.165) is 12.0 Å². The minimum absolute atomic E-state index is 0.227. The first-order chi connectivity index (χ1) is 12.5. The van der Waals surface area contributed by atoms with Gasteiger partial charge in [0, 0.05) is 37.2 Å². The molecule has 3 aromatic rings. The first-order valence-electron chi connectivity index (χ1n) is 8.68. The molecule has 0 bridgehead atoms. The van der Waals surface area contributed by atoms with Gasteiger partial charge in [-0.3, -0.25) is 0 Å². The molecular weight excluding hydrogens is 332 g/mol. The summed E-state index contributed by atoms with van der Waals surface area (Å²) >= 11 is 0. The summed E-state index contributed by atoms with van der Waals surface area (Å²) in [5.41, 5.74) is 5.08. The molecule has 0 fully saturated rings. The Hall–Kier alpha value is -2.67. The van der Waals surface area contributed by atoms with Crippen LogP contribution in [0.3, 0.4) is 0 Å². The van der Waals surface area contributed by atoms with Crippen LogP contribution in [-0.2, 0) is 29.5 Å². The van der Waals surface area contributed by atoms with Crippen LogP contribution in [0.2, 0.25) is 0 Å². The smallest absolute Gasteiger partial charge is 0.360 e. The fourth-order valence-corrected chi connectivity index (χ4v) is 3.24. The molecule has 0 amide bonds. The average Bonchev–Trinajstić information content (AvgIpc) is 3.18. The van der Waals surface area contributed by atoms with Gasteiger partial charge in [-0.25, -0.2) is 9.48 Å². The van der Waals surface area contributed by atoms with Gasteiger partial charge in [0.15, 0.2) is 5.69 Å². The topological polar surface area (TPSA) is 71.2 Å². The Bertz CT molecular complexity index is 926. The molecule has 0 atom stereocenters. The summed E-state index contributed by atoms with van der Waals surface area (Å²) in [5.74, 6) is -0.448. The number of carbonyl (C=O) groups excluding carboxylic acids is 1. The third kappa shape index (κ3) is 3.48. The summed E-state index contributed by atoms with van der Waals surface area (Å²) in [6.45, 7) is 5.48. The Labute approximate surface area is 152 Å². The lowest BCUT2D eigenvalue weighted by atomic mass is 10.1. The summed E-state index contributed by atoms with van der Waals surface area (Å²) in [7, 11) is 3.81. The summed E-state index contributed by atoms with van der Waals surface area (Å²) in [6.07, 6.45) is 2.50. The van der Waals surface area contributed by atoms with Gasteiger partial charge >= 0.3 is 5.97 Å². The molecule has 0 aliphatic heterocycles. The van der Waals surface area contributed by atoms with Crippen LogP contribution >= 0.6 is 0 Å². The maximum Gasteiger partial charge on any atom is 0.360 e. The molecule has 7 nitrogen and oxygen atoms in total. The van der Waals surface area contributed by atoms with Gasteiger partial charge in [-0.05, 0) is 37.1 Å². The number of esters is 1. The number of fused-ring (bicyclic) bond motifs is 1. The number of hydrogen-bond acceptors (Lipinski definition) is 5. The van der Waals surface area contributed by atoms with Crippen LogP contribution < -0.4 is 0 Å². The van der Waals surface area contributed by atoms with Gasteiger partial charge < -0.3 is 14.0 Å². The second-order valence-electron chi connectivity index (χ2n) is 6.25. The molecule has 0 saturated carbocycles. The summed E-state index contributed by atoms with van der Waals surface area (Å²) < 4.78 is 14.0. The second-order valence-corrected chi connectivity index (χ2v) is 6.25. The highest BCUT2D eigenvalue weighted by Crippen LogP contribution is 2.26. The van der Waals surface area contributed by atoms with Crippen molar-refractivity contribution in [3.8, 4) is 0 Å². The first kappa shape index (κ1) is 18.1. The van der Waals surface area contributed by atoms with Crippen LogP contribution in [0.5, 0.6) is 0 Å². The highest BCUT2D eigenvalue weighted by atomic mass is 16.5. The van der Waals surface area contributed by atoms with Gasteiger partial charge in [0.05, 0.1) is 26.0 Å². The molecule has 0 radical (unpaired) electrons. The van der Waals surface area contributed by atoms with Gasteiger partial charge in [-0.15, -0.1) is 5.10 Å². The molecule has 2 heterocycles. The number of aryl methyl sites for hydroxylation is 2. The number of hydrogen-bond donors (Lipinski definition) is 0. The highest BCUT2D eigenvalue weighted by Gasteiger charge is 2.14. The number of carbonyl (C=O) groups is 1. The van der Waals surface area contributed by atoms with E-state index in [1.807, 2.05) is 0 Å². The fraction of sp³-hybridized carbons (Fsp3) is 0.421. The van der Waals surface area contributed by atoms with Crippen molar-refractivity contribution in [2.24, 2.45) is 7.05 Å². The SMILES string of the molecule is CCOC(=O)c1cn(Cc2ccc3c(c2)c(C)c(CCOC)n3C)nn1. The molecule has 7 heteroatoms. The van der Waals surface area contributed by atoms with Gasteiger partial charge in [-0.2, -0.15) is 0 Å². The van der Waals surface area contributed by atoms with E-state index in [0.29, 0.717) is 19.8 Å². The number of nitrogens with zero attached hydrogens (tertiary/aromatic N) is 4. The van der Waals surface area contributed by atoms with Crippen molar-refractivity contribution >= 4 is 16.9 Å². The van der Waals surface area contributed by atoms with Crippen LogP contribution in [0.4, 0.5) is 0 Å². The third-order valence-electron chi connectivity index (χ3n) is 4.57. The van der Waals surface area contributed by atoms with Gasteiger partial charge in [0.1, 0.15) is 0 Å². The molecule has 3 rings (SSSR count). The predicted octanol–water partition coefficient (Wildman–Crippen LogP) is 2.49. The van der Waals surface area contributed by atoms with Crippen LogP contribution in [0.25, 0.3) is 10.9 Å². The number of rotatable bonds is 7. The number of ether oxygens (including phenoxy) is 2. The molecule has 0 unspecified atom stereocenters. The van der Waals surface area contributed by atoms with Gasteiger partial charge in [0.2, 0.25) is 0 Å². The van der Waals surface area contributed by atoms with E-state index in [2.05, 4.69) is 47.0 Å². The highest BCUT2D eigenvalue weighted by molar-refractivity contribution is 5.87. The van der Waals surface area contributed by atoms with E-state index in [1.54, 1.807) is 24.9 Å². The Morgan fingerprint density at radius 2 is 2.12 bits per heavy atom. The maximum absolute atomic E-state index is 11.7. The molecule has 0 saturated heterocycles. The molecule has 0 aliphatic rings. The quantitative estimate of drug-likeness (QED) is 0.608. The van der Waals surface area contributed by atoms with Gasteiger partial charge in [-0.1, -0.05) is 11.3 Å². The van der Waals surface area contributed by atoms with Crippen LogP contribution in [-0.4, -0.2) is 45.9 Å². The average molecular weight is 356 g/mol. The third-order valence-corrected chi connectivity index (χ3v) is 4.57. The zero-order valence-electron chi connectivity index (χ0n) is 15.7.